The first-order valence-electron chi connectivity index (χ1n) is 7.38. The fourth-order valence-electron chi connectivity index (χ4n) is 3.37. The van der Waals surface area contributed by atoms with Gasteiger partial charge in [-0.25, -0.2) is 0 Å². The molecule has 0 aliphatic heterocycles. The summed E-state index contributed by atoms with van der Waals surface area (Å²) in [6, 6.07) is 22.2. The maximum Gasteiger partial charge on any atom is 0.146 e. The van der Waals surface area contributed by atoms with Crippen molar-refractivity contribution in [2.45, 2.75) is 33.2 Å². The van der Waals surface area contributed by atoms with Crippen LogP contribution in [0.3, 0.4) is 0 Å². The fraction of sp³-hybridized carbons (Fsp3) is 0.263. The normalized spacial score (nSPS) is 12.8. The van der Waals surface area contributed by atoms with Crippen LogP contribution in [0.15, 0.2) is 71.9 Å². The molecule has 20 heavy (non-hydrogen) atoms. The van der Waals surface area contributed by atoms with Gasteiger partial charge in [0.15, 0.2) is 0 Å². The highest BCUT2D eigenvalue weighted by Crippen LogP contribution is 2.28. The van der Waals surface area contributed by atoms with Crippen LogP contribution in [0.4, 0.5) is 0 Å². The minimum Gasteiger partial charge on any atom is -0.0919 e. The van der Waals surface area contributed by atoms with Gasteiger partial charge in [-0.1, -0.05) is 85.8 Å². The highest BCUT2D eigenvalue weighted by molar-refractivity contribution is 7.08. The molecule has 0 bridgehead atoms. The molecule has 0 radical (unpaired) electrons. The molecule has 0 atom stereocenters. The van der Waals surface area contributed by atoms with Gasteiger partial charge in [0.05, 0.1) is 0 Å². The largest absolute Gasteiger partial charge is 0.146 e. The number of rotatable bonds is 4. The quantitative estimate of drug-likeness (QED) is 0.738. The van der Waals surface area contributed by atoms with Crippen molar-refractivity contribution in [1.29, 1.82) is 0 Å². The van der Waals surface area contributed by atoms with E-state index in [1.807, 2.05) is 0 Å². The van der Waals surface area contributed by atoms with Crippen LogP contribution in [0.5, 0.6) is 0 Å². The highest BCUT2D eigenvalue weighted by Gasteiger charge is 2.41. The molecule has 0 saturated heterocycles. The van der Waals surface area contributed by atoms with Crippen LogP contribution in [-0.2, 0) is 0 Å². The Morgan fingerprint density at radius 3 is 1.55 bits per heavy atom. The van der Waals surface area contributed by atoms with Crippen LogP contribution in [0.1, 0.15) is 27.7 Å². The van der Waals surface area contributed by atoms with Crippen LogP contribution in [0, 0.1) is 0 Å². The molecular weight excluding hydrogens is 256 g/mol. The van der Waals surface area contributed by atoms with Gasteiger partial charge >= 0.3 is 0 Å². The first kappa shape index (κ1) is 14.8. The summed E-state index contributed by atoms with van der Waals surface area (Å²) >= 11 is 0. The summed E-state index contributed by atoms with van der Waals surface area (Å²) in [4.78, 5) is 0. The maximum absolute atomic E-state index is 2.37. The lowest BCUT2D eigenvalue weighted by Gasteiger charge is -2.38. The Kier molecular flexibility index (Phi) is 4.61. The Labute approximate surface area is 124 Å². The van der Waals surface area contributed by atoms with Crippen molar-refractivity contribution >= 4 is 18.4 Å². The predicted octanol–water partition coefficient (Wildman–Crippen LogP) is 4.17. The third-order valence-electron chi connectivity index (χ3n) is 4.38. The summed E-state index contributed by atoms with van der Waals surface area (Å²) in [5.41, 5.74) is 0.628. The Balaban J connectivity index is 2.77. The third-order valence-corrected chi connectivity index (χ3v) is 10.1. The van der Waals surface area contributed by atoms with Crippen molar-refractivity contribution in [3.63, 3.8) is 0 Å². The monoisotopic (exact) mass is 280 g/mol. The lowest BCUT2D eigenvalue weighted by atomic mass is 10.4. The van der Waals surface area contributed by atoms with E-state index in [0.29, 0.717) is 5.54 Å². The van der Waals surface area contributed by atoms with Crippen molar-refractivity contribution in [2.24, 2.45) is 0 Å². The van der Waals surface area contributed by atoms with Crippen LogP contribution >= 0.6 is 0 Å². The van der Waals surface area contributed by atoms with E-state index in [1.54, 1.807) is 5.20 Å². The van der Waals surface area contributed by atoms with E-state index in [-0.39, 0.29) is 0 Å². The average Bonchev–Trinajstić information content (AvgIpc) is 2.49. The van der Waals surface area contributed by atoms with Gasteiger partial charge in [0.25, 0.3) is 0 Å². The first-order chi connectivity index (χ1) is 9.64. The predicted molar refractivity (Wildman–Crippen MR) is 92.4 cm³/mol. The van der Waals surface area contributed by atoms with Crippen LogP contribution in [-0.4, -0.2) is 8.07 Å². The Hall–Kier alpha value is -1.60. The van der Waals surface area contributed by atoms with Gasteiger partial charge in [0.2, 0.25) is 0 Å². The molecule has 0 unspecified atom stereocenters. The first-order valence-corrected chi connectivity index (χ1v) is 9.46. The Morgan fingerprint density at radius 2 is 1.25 bits per heavy atom. The number of benzene rings is 2. The molecule has 2 aromatic carbocycles. The number of hydrogen-bond acceptors (Lipinski definition) is 0. The molecule has 0 aliphatic rings. The summed E-state index contributed by atoms with van der Waals surface area (Å²) in [6.45, 7) is 9.23. The molecule has 2 aromatic rings. The third kappa shape index (κ3) is 2.38. The molecule has 0 spiro atoms. The molecular formula is C19H24Si. The van der Waals surface area contributed by atoms with Gasteiger partial charge in [-0.3, -0.25) is 0 Å². The minimum atomic E-state index is -1.87. The lowest BCUT2D eigenvalue weighted by molar-refractivity contribution is 1.03. The second kappa shape index (κ2) is 6.23. The zero-order valence-electron chi connectivity index (χ0n) is 12.9. The van der Waals surface area contributed by atoms with E-state index in [2.05, 4.69) is 94.4 Å². The van der Waals surface area contributed by atoms with Crippen molar-refractivity contribution in [2.75, 3.05) is 0 Å². The molecule has 0 nitrogen and oxygen atoms in total. The maximum atomic E-state index is 2.37. The lowest BCUT2D eigenvalue weighted by Crippen LogP contribution is -2.61. The van der Waals surface area contributed by atoms with Gasteiger partial charge in [-0.15, -0.1) is 0 Å². The van der Waals surface area contributed by atoms with E-state index in [9.17, 15) is 0 Å². The molecule has 1 heteroatoms. The molecule has 0 amide bonds. The molecule has 0 fully saturated rings. The van der Waals surface area contributed by atoms with Crippen LogP contribution < -0.4 is 10.4 Å². The van der Waals surface area contributed by atoms with Gasteiger partial charge in [-0.2, -0.15) is 0 Å². The van der Waals surface area contributed by atoms with Gasteiger partial charge in [0, 0.05) is 0 Å². The van der Waals surface area contributed by atoms with E-state index >= 15 is 0 Å². The molecule has 0 N–H and O–H groups in total. The van der Waals surface area contributed by atoms with Crippen LogP contribution in [0.25, 0.3) is 0 Å². The van der Waals surface area contributed by atoms with E-state index in [1.165, 1.54) is 10.4 Å². The number of allylic oxidation sites excluding steroid dienone is 2. The Bertz CT molecular complexity index is 528. The van der Waals surface area contributed by atoms with Crippen molar-refractivity contribution in [3.8, 4) is 0 Å². The fourth-order valence-corrected chi connectivity index (χ4v) is 8.75. The molecule has 0 aliphatic carbocycles. The van der Waals surface area contributed by atoms with Crippen LogP contribution in [0.2, 0.25) is 5.54 Å². The zero-order chi connectivity index (χ0) is 14.6. The summed E-state index contributed by atoms with van der Waals surface area (Å²) in [5, 5.41) is 4.57. The van der Waals surface area contributed by atoms with Crippen molar-refractivity contribution < 1.29 is 0 Å². The second-order valence-corrected chi connectivity index (χ2v) is 10.4. The average molecular weight is 280 g/mol. The van der Waals surface area contributed by atoms with Crippen molar-refractivity contribution in [1.82, 2.24) is 0 Å². The van der Waals surface area contributed by atoms with E-state index in [0.717, 1.165) is 0 Å². The summed E-state index contributed by atoms with van der Waals surface area (Å²) < 4.78 is 0. The molecule has 0 aromatic heterocycles. The van der Waals surface area contributed by atoms with Gasteiger partial charge in [0.1, 0.15) is 8.07 Å². The highest BCUT2D eigenvalue weighted by atomic mass is 28.3. The zero-order valence-corrected chi connectivity index (χ0v) is 13.9. The summed E-state index contributed by atoms with van der Waals surface area (Å²) in [7, 11) is -1.87. The Morgan fingerprint density at radius 1 is 0.850 bits per heavy atom. The smallest absolute Gasteiger partial charge is 0.0919 e. The van der Waals surface area contributed by atoms with Gasteiger partial charge < -0.3 is 0 Å². The number of hydrogen-bond donors (Lipinski definition) is 0. The minimum absolute atomic E-state index is 0.628. The summed E-state index contributed by atoms with van der Waals surface area (Å²) in [5.74, 6) is 0. The second-order valence-electron chi connectivity index (χ2n) is 5.67. The van der Waals surface area contributed by atoms with E-state index < -0.39 is 8.07 Å². The standard InChI is InChI=1S/C19H24Si/c1-5-17(4)20(16(2)3,18-12-8-6-9-13-18)19-14-10-7-11-15-19/h5-16H,1-4H3. The van der Waals surface area contributed by atoms with E-state index in [4.69, 9.17) is 0 Å². The molecule has 2 rings (SSSR count). The summed E-state index contributed by atoms with van der Waals surface area (Å²) in [6.07, 6.45) is 2.31. The molecule has 104 valence electrons. The topological polar surface area (TPSA) is 0 Å². The van der Waals surface area contributed by atoms with Gasteiger partial charge in [-0.05, 0) is 29.8 Å². The SMILES string of the molecule is CC=C(C)[Si](c1ccccc1)(c1ccccc1)C(C)C. The van der Waals surface area contributed by atoms with Crippen molar-refractivity contribution in [3.05, 3.63) is 71.9 Å². The molecule has 0 heterocycles. The molecule has 0 saturated carbocycles.